The molecule has 0 bridgehead atoms. The molecule has 0 aromatic heterocycles. The second-order valence-electron chi connectivity index (χ2n) is 1.58. The summed E-state index contributed by atoms with van der Waals surface area (Å²) in [5, 5.41) is 1.35. The van der Waals surface area contributed by atoms with Gasteiger partial charge in [-0.3, -0.25) is 4.91 Å². The van der Waals surface area contributed by atoms with Crippen molar-refractivity contribution in [2.45, 2.75) is 0 Å². The molecule has 3 nitrogen and oxygen atoms in total. The molecule has 0 spiro atoms. The third-order valence-corrected chi connectivity index (χ3v) is 1.31. The molecule has 52 valence electrons. The van der Waals surface area contributed by atoms with E-state index in [1.54, 1.807) is 0 Å². The smallest absolute Gasteiger partial charge is 0.0865 e. The molecule has 0 radical (unpaired) electrons. The fraction of sp³-hybridized carbons (Fsp3) is 0. The highest BCUT2D eigenvalue weighted by Crippen LogP contribution is 1.86. The lowest BCUT2D eigenvalue weighted by Crippen LogP contribution is -1.82. The van der Waals surface area contributed by atoms with Crippen LogP contribution in [0.4, 0.5) is 0 Å². The van der Waals surface area contributed by atoms with Crippen LogP contribution in [0, 0.1) is 0 Å². The Morgan fingerprint density at radius 2 is 1.50 bits per heavy atom. The molecule has 10 heavy (non-hydrogen) atoms. The Kier molecular flexibility index (Phi) is 5.45. The molecule has 0 aliphatic carbocycles. The van der Waals surface area contributed by atoms with E-state index in [4.69, 9.17) is 11.1 Å². The van der Waals surface area contributed by atoms with E-state index >= 15 is 0 Å². The van der Waals surface area contributed by atoms with Crippen LogP contribution in [-0.4, -0.2) is 0 Å². The van der Waals surface area contributed by atoms with Crippen LogP contribution in [0.2, 0.25) is 0 Å². The van der Waals surface area contributed by atoms with Gasteiger partial charge in [0.25, 0.3) is 0 Å². The maximum atomic E-state index is 6.75. The molecule has 0 amide bonds. The fourth-order valence-electron chi connectivity index (χ4n) is 0.478. The highest BCUT2D eigenvalue weighted by Gasteiger charge is 1.78. The van der Waals surface area contributed by atoms with Crippen LogP contribution in [0.5, 0.6) is 0 Å². The van der Waals surface area contributed by atoms with Crippen LogP contribution >= 0.6 is 9.24 Å². The van der Waals surface area contributed by atoms with E-state index < -0.39 is 0 Å². The molecule has 0 fully saturated rings. The molecular weight excluding hydrogens is 145 g/mol. The predicted octanol–water partition coefficient (Wildman–Crippen LogP) is 1.79. The van der Waals surface area contributed by atoms with Crippen molar-refractivity contribution in [3.63, 3.8) is 0 Å². The van der Waals surface area contributed by atoms with Gasteiger partial charge >= 0.3 is 0 Å². The lowest BCUT2D eigenvalue weighted by atomic mass is 10.4. The van der Waals surface area contributed by atoms with Gasteiger partial charge in [0.1, 0.15) is 0 Å². The van der Waals surface area contributed by atoms with Crippen LogP contribution < -0.4 is 5.30 Å². The summed E-state index contributed by atoms with van der Waals surface area (Å²) in [4.78, 5) is 1.50. The van der Waals surface area contributed by atoms with Gasteiger partial charge in [0.2, 0.25) is 0 Å². The van der Waals surface area contributed by atoms with Gasteiger partial charge < -0.3 is 11.1 Å². The summed E-state index contributed by atoms with van der Waals surface area (Å²) in [5.74, 6) is 0. The van der Waals surface area contributed by atoms with Gasteiger partial charge in [-0.2, -0.15) is 0 Å². The summed E-state index contributed by atoms with van der Waals surface area (Å²) in [6.45, 7) is 0. The molecule has 0 aliphatic rings. The third-order valence-electron chi connectivity index (χ3n) is 0.843. The SMILES string of the molecule is [N-]=[N+]=[N-].[PH3+]c1ccccc1. The predicted molar refractivity (Wildman–Crippen MR) is 47.3 cm³/mol. The Hall–Kier alpha value is -1.04. The van der Waals surface area contributed by atoms with E-state index in [0.29, 0.717) is 0 Å². The summed E-state index contributed by atoms with van der Waals surface area (Å²) in [5.41, 5.74) is 13.5. The number of rotatable bonds is 0. The average Bonchev–Trinajstić information content (AvgIpc) is 1.91. The summed E-state index contributed by atoms with van der Waals surface area (Å²) in [6, 6.07) is 10.3. The first-order valence-electron chi connectivity index (χ1n) is 2.66. The van der Waals surface area contributed by atoms with E-state index in [1.807, 2.05) is 27.4 Å². The Labute approximate surface area is 61.7 Å². The molecule has 0 saturated heterocycles. The number of benzene rings is 1. The van der Waals surface area contributed by atoms with Crippen LogP contribution in [0.25, 0.3) is 16.0 Å². The van der Waals surface area contributed by atoms with Crippen molar-refractivity contribution in [2.75, 3.05) is 0 Å². The molecule has 1 unspecified atom stereocenters. The van der Waals surface area contributed by atoms with Crippen molar-refractivity contribution in [3.8, 4) is 0 Å². The second kappa shape index (κ2) is 6.09. The minimum absolute atomic E-state index is 1.35. The Balaban J connectivity index is 0.000000236. The molecule has 1 atom stereocenters. The Morgan fingerprint density at radius 3 is 1.70 bits per heavy atom. The molecule has 1 aromatic carbocycles. The third kappa shape index (κ3) is 5.10. The van der Waals surface area contributed by atoms with Gasteiger partial charge in [-0.1, -0.05) is 18.2 Å². The first kappa shape index (κ1) is 8.96. The molecule has 0 saturated carbocycles. The number of hydrogen-bond acceptors (Lipinski definition) is 0. The minimum atomic E-state index is 1.35. The standard InChI is InChI=1S/C6H7P.N3/c7-6-4-2-1-3-5-6;1-3-2/h1-5H,7H2;/q;-1/p+1. The normalized spacial score (nSPS) is 7.20. The zero-order valence-electron chi connectivity index (χ0n) is 5.44. The van der Waals surface area contributed by atoms with E-state index in [9.17, 15) is 0 Å². The van der Waals surface area contributed by atoms with Gasteiger partial charge in [-0.05, 0) is 12.1 Å². The van der Waals surface area contributed by atoms with Gasteiger partial charge in [0, 0.05) is 9.24 Å². The second-order valence-corrected chi connectivity index (χ2v) is 2.39. The lowest BCUT2D eigenvalue weighted by molar-refractivity contribution is 1.78. The molecule has 0 heterocycles. The average molecular weight is 153 g/mol. The van der Waals surface area contributed by atoms with Crippen molar-refractivity contribution in [1.82, 2.24) is 0 Å². The van der Waals surface area contributed by atoms with E-state index in [2.05, 4.69) is 12.1 Å². The molecule has 0 aliphatic heterocycles. The lowest BCUT2D eigenvalue weighted by Gasteiger charge is -1.77. The molecule has 0 N–H and O–H groups in total. The van der Waals surface area contributed by atoms with Crippen molar-refractivity contribution in [1.29, 1.82) is 0 Å². The van der Waals surface area contributed by atoms with Gasteiger partial charge in [-0.25, -0.2) is 0 Å². The van der Waals surface area contributed by atoms with E-state index in [0.717, 1.165) is 0 Å². The zero-order chi connectivity index (χ0) is 7.82. The van der Waals surface area contributed by atoms with Crippen molar-refractivity contribution < 1.29 is 0 Å². The monoisotopic (exact) mass is 153 g/mol. The fourth-order valence-corrected chi connectivity index (χ4v) is 0.750. The largest absolute Gasteiger partial charge is 0.373 e. The molecular formula is C6H8N3P. The quantitative estimate of drug-likeness (QED) is 0.236. The minimum Gasteiger partial charge on any atom is -0.373 e. The maximum Gasteiger partial charge on any atom is 0.0865 e. The van der Waals surface area contributed by atoms with E-state index in [-0.39, 0.29) is 0 Å². The van der Waals surface area contributed by atoms with E-state index in [1.165, 1.54) is 10.2 Å². The zero-order valence-corrected chi connectivity index (χ0v) is 6.85. The summed E-state index contributed by atoms with van der Waals surface area (Å²) < 4.78 is 0. The highest BCUT2D eigenvalue weighted by molar-refractivity contribution is 7.27. The number of hydrogen-bond donors (Lipinski definition) is 0. The topological polar surface area (TPSA) is 58.7 Å². The van der Waals surface area contributed by atoms with Crippen LogP contribution in [0.15, 0.2) is 30.3 Å². The summed E-state index contributed by atoms with van der Waals surface area (Å²) in [6.07, 6.45) is 0. The molecule has 1 rings (SSSR count). The molecule has 1 aromatic rings. The number of nitrogens with zero attached hydrogens (tertiary/aromatic N) is 3. The van der Waals surface area contributed by atoms with Gasteiger partial charge in [-0.15, -0.1) is 0 Å². The van der Waals surface area contributed by atoms with Crippen molar-refractivity contribution >= 4 is 14.5 Å². The van der Waals surface area contributed by atoms with Crippen LogP contribution in [-0.2, 0) is 0 Å². The Morgan fingerprint density at radius 1 is 1.10 bits per heavy atom. The summed E-state index contributed by atoms with van der Waals surface area (Å²) >= 11 is 0. The van der Waals surface area contributed by atoms with Crippen LogP contribution in [0.3, 0.4) is 0 Å². The highest BCUT2D eigenvalue weighted by atomic mass is 31.0. The maximum absolute atomic E-state index is 6.75. The summed E-state index contributed by atoms with van der Waals surface area (Å²) in [7, 11) is 1.90. The first-order chi connectivity index (χ1) is 4.81. The van der Waals surface area contributed by atoms with Gasteiger partial charge in [0.15, 0.2) is 0 Å². The Bertz CT molecular complexity index is 203. The first-order valence-corrected chi connectivity index (χ1v) is 3.37. The van der Waals surface area contributed by atoms with Crippen LogP contribution in [0.1, 0.15) is 0 Å². The molecule has 4 heteroatoms. The van der Waals surface area contributed by atoms with Crippen molar-refractivity contribution in [3.05, 3.63) is 46.3 Å². The van der Waals surface area contributed by atoms with Gasteiger partial charge in [0.05, 0.1) is 5.30 Å². The van der Waals surface area contributed by atoms with Crippen molar-refractivity contribution in [2.24, 2.45) is 0 Å².